The van der Waals surface area contributed by atoms with Gasteiger partial charge in [-0.05, 0) is 55.9 Å². The molecule has 138 valence electrons. The summed E-state index contributed by atoms with van der Waals surface area (Å²) < 4.78 is 2.08. The van der Waals surface area contributed by atoms with Crippen LogP contribution < -0.4 is 5.32 Å². The minimum atomic E-state index is 0.00450. The molecule has 1 aromatic heterocycles. The third kappa shape index (κ3) is 3.52. The first-order chi connectivity index (χ1) is 13.1. The van der Waals surface area contributed by atoms with Crippen LogP contribution in [0.5, 0.6) is 0 Å². The average Bonchev–Trinajstić information content (AvgIpc) is 3.09. The third-order valence-corrected chi connectivity index (χ3v) is 5.59. The first-order valence-electron chi connectivity index (χ1n) is 9.59. The number of carbonyl (C=O) groups is 1. The number of fused-ring (bicyclic) bond motifs is 1. The van der Waals surface area contributed by atoms with Gasteiger partial charge in [-0.2, -0.15) is 5.10 Å². The second-order valence-electron chi connectivity index (χ2n) is 7.36. The number of carbonyl (C=O) groups excluding carboxylic acids is 1. The summed E-state index contributed by atoms with van der Waals surface area (Å²) in [4.78, 5) is 12.9. The lowest BCUT2D eigenvalue weighted by Gasteiger charge is -2.24. The predicted octanol–water partition coefficient (Wildman–Crippen LogP) is 4.36. The minimum absolute atomic E-state index is 0.00450. The standard InChI is InChI=1S/C23H25N3O/c1-16-8-6-11-19(17(16)2)23(27)25-21-12-7-13-22-20(21)14-24-26(22)15-18-9-4-3-5-10-18/h3-6,8-11,14,21H,7,12-13,15H2,1-2H3,(H,25,27). The van der Waals surface area contributed by atoms with Crippen LogP contribution in [0.15, 0.2) is 54.7 Å². The number of aromatic nitrogens is 2. The van der Waals surface area contributed by atoms with Gasteiger partial charge in [-0.1, -0.05) is 42.5 Å². The molecule has 0 bridgehead atoms. The van der Waals surface area contributed by atoms with Crippen molar-refractivity contribution in [2.75, 3.05) is 0 Å². The zero-order valence-electron chi connectivity index (χ0n) is 15.9. The first-order valence-corrected chi connectivity index (χ1v) is 9.59. The van der Waals surface area contributed by atoms with Crippen molar-refractivity contribution < 1.29 is 4.79 Å². The molecule has 4 nitrogen and oxygen atoms in total. The van der Waals surface area contributed by atoms with Crippen LogP contribution in [0.25, 0.3) is 0 Å². The highest BCUT2D eigenvalue weighted by Gasteiger charge is 2.26. The summed E-state index contributed by atoms with van der Waals surface area (Å²) in [6.45, 7) is 4.82. The molecule has 4 heteroatoms. The molecule has 0 spiro atoms. The molecule has 1 unspecified atom stereocenters. The Morgan fingerprint density at radius 3 is 2.78 bits per heavy atom. The summed E-state index contributed by atoms with van der Waals surface area (Å²) in [6.07, 6.45) is 4.97. The van der Waals surface area contributed by atoms with Gasteiger partial charge in [-0.15, -0.1) is 0 Å². The molecule has 4 rings (SSSR count). The van der Waals surface area contributed by atoms with Crippen LogP contribution in [0.2, 0.25) is 0 Å². The number of hydrogen-bond acceptors (Lipinski definition) is 2. The summed E-state index contributed by atoms with van der Waals surface area (Å²) in [7, 11) is 0. The van der Waals surface area contributed by atoms with Crippen LogP contribution in [0.1, 0.15) is 57.2 Å². The van der Waals surface area contributed by atoms with Gasteiger partial charge < -0.3 is 5.32 Å². The van der Waals surface area contributed by atoms with Crippen molar-refractivity contribution in [3.63, 3.8) is 0 Å². The van der Waals surface area contributed by atoms with Gasteiger partial charge in [0.2, 0.25) is 0 Å². The number of rotatable bonds is 4. The average molecular weight is 359 g/mol. The Morgan fingerprint density at radius 1 is 1.15 bits per heavy atom. The van der Waals surface area contributed by atoms with Crippen LogP contribution in [-0.4, -0.2) is 15.7 Å². The van der Waals surface area contributed by atoms with Gasteiger partial charge in [0.1, 0.15) is 0 Å². The molecule has 0 radical (unpaired) electrons. The van der Waals surface area contributed by atoms with E-state index >= 15 is 0 Å². The number of aryl methyl sites for hydroxylation is 1. The van der Waals surface area contributed by atoms with Gasteiger partial charge in [0.15, 0.2) is 0 Å². The van der Waals surface area contributed by atoms with Crippen LogP contribution in [0, 0.1) is 13.8 Å². The second-order valence-corrected chi connectivity index (χ2v) is 7.36. The van der Waals surface area contributed by atoms with E-state index in [4.69, 9.17) is 0 Å². The van der Waals surface area contributed by atoms with Gasteiger partial charge in [-0.3, -0.25) is 9.48 Å². The molecule has 1 amide bonds. The van der Waals surface area contributed by atoms with E-state index in [1.54, 1.807) is 0 Å². The molecule has 1 aliphatic carbocycles. The summed E-state index contributed by atoms with van der Waals surface area (Å²) in [6, 6.07) is 16.3. The molecule has 0 saturated carbocycles. The molecule has 0 saturated heterocycles. The molecule has 1 heterocycles. The Morgan fingerprint density at radius 2 is 1.96 bits per heavy atom. The zero-order valence-corrected chi connectivity index (χ0v) is 15.9. The number of benzene rings is 2. The number of hydrogen-bond donors (Lipinski definition) is 1. The van der Waals surface area contributed by atoms with E-state index in [1.165, 1.54) is 11.3 Å². The highest BCUT2D eigenvalue weighted by atomic mass is 16.1. The highest BCUT2D eigenvalue weighted by Crippen LogP contribution is 2.30. The maximum absolute atomic E-state index is 12.9. The summed E-state index contributed by atoms with van der Waals surface area (Å²) >= 11 is 0. The van der Waals surface area contributed by atoms with E-state index in [9.17, 15) is 4.79 Å². The molecule has 1 N–H and O–H groups in total. The van der Waals surface area contributed by atoms with E-state index < -0.39 is 0 Å². The molecule has 1 aliphatic rings. The monoisotopic (exact) mass is 359 g/mol. The van der Waals surface area contributed by atoms with E-state index in [2.05, 4.69) is 39.4 Å². The van der Waals surface area contributed by atoms with Gasteiger partial charge in [-0.25, -0.2) is 0 Å². The van der Waals surface area contributed by atoms with Crippen molar-refractivity contribution in [1.29, 1.82) is 0 Å². The van der Waals surface area contributed by atoms with Crippen molar-refractivity contribution in [3.05, 3.63) is 88.2 Å². The molecular weight excluding hydrogens is 334 g/mol. The smallest absolute Gasteiger partial charge is 0.252 e. The van der Waals surface area contributed by atoms with Crippen LogP contribution in [-0.2, 0) is 13.0 Å². The van der Waals surface area contributed by atoms with Gasteiger partial charge in [0.05, 0.1) is 18.8 Å². The van der Waals surface area contributed by atoms with Gasteiger partial charge >= 0.3 is 0 Å². The minimum Gasteiger partial charge on any atom is -0.345 e. The van der Waals surface area contributed by atoms with E-state index in [-0.39, 0.29) is 11.9 Å². The van der Waals surface area contributed by atoms with Crippen molar-refractivity contribution in [1.82, 2.24) is 15.1 Å². The Labute approximate surface area is 160 Å². The lowest BCUT2D eigenvalue weighted by atomic mass is 9.92. The van der Waals surface area contributed by atoms with E-state index in [0.717, 1.165) is 48.1 Å². The van der Waals surface area contributed by atoms with Crippen molar-refractivity contribution >= 4 is 5.91 Å². The van der Waals surface area contributed by atoms with Gasteiger partial charge in [0, 0.05) is 16.8 Å². The van der Waals surface area contributed by atoms with Crippen molar-refractivity contribution in [2.45, 2.75) is 45.7 Å². The number of amides is 1. The van der Waals surface area contributed by atoms with E-state index in [0.29, 0.717) is 0 Å². The van der Waals surface area contributed by atoms with E-state index in [1.807, 2.05) is 44.3 Å². The maximum atomic E-state index is 12.9. The Kier molecular flexibility index (Phi) is 4.80. The van der Waals surface area contributed by atoms with Crippen molar-refractivity contribution in [2.24, 2.45) is 0 Å². The third-order valence-electron chi connectivity index (χ3n) is 5.59. The Balaban J connectivity index is 1.55. The lowest BCUT2D eigenvalue weighted by molar-refractivity contribution is 0.0932. The molecular formula is C23H25N3O. The number of nitrogens with zero attached hydrogens (tertiary/aromatic N) is 2. The SMILES string of the molecule is Cc1cccc(C(=O)NC2CCCc3c2cnn3Cc2ccccc2)c1C. The first kappa shape index (κ1) is 17.5. The topological polar surface area (TPSA) is 46.9 Å². The Hall–Kier alpha value is -2.88. The summed E-state index contributed by atoms with van der Waals surface area (Å²) in [5, 5.41) is 7.86. The molecule has 0 fully saturated rings. The largest absolute Gasteiger partial charge is 0.345 e. The predicted molar refractivity (Wildman–Crippen MR) is 107 cm³/mol. The highest BCUT2D eigenvalue weighted by molar-refractivity contribution is 5.96. The van der Waals surface area contributed by atoms with Crippen molar-refractivity contribution in [3.8, 4) is 0 Å². The zero-order chi connectivity index (χ0) is 18.8. The fraction of sp³-hybridized carbons (Fsp3) is 0.304. The van der Waals surface area contributed by atoms with Crippen LogP contribution in [0.4, 0.5) is 0 Å². The quantitative estimate of drug-likeness (QED) is 0.752. The molecule has 3 aromatic rings. The van der Waals surface area contributed by atoms with Crippen LogP contribution >= 0.6 is 0 Å². The fourth-order valence-electron chi connectivity index (χ4n) is 3.89. The molecule has 1 atom stereocenters. The summed E-state index contributed by atoms with van der Waals surface area (Å²) in [5.41, 5.74) is 6.60. The Bertz CT molecular complexity index is 959. The summed E-state index contributed by atoms with van der Waals surface area (Å²) in [5.74, 6) is 0.00450. The van der Waals surface area contributed by atoms with Gasteiger partial charge in [0.25, 0.3) is 5.91 Å². The molecule has 0 aliphatic heterocycles. The molecule has 2 aromatic carbocycles. The maximum Gasteiger partial charge on any atom is 0.252 e. The second kappa shape index (κ2) is 7.39. The van der Waals surface area contributed by atoms with Crippen LogP contribution in [0.3, 0.4) is 0 Å². The number of nitrogens with one attached hydrogen (secondary N) is 1. The molecule has 27 heavy (non-hydrogen) atoms. The fourth-order valence-corrected chi connectivity index (χ4v) is 3.89. The normalized spacial score (nSPS) is 16.0. The lowest BCUT2D eigenvalue weighted by Crippen LogP contribution is -2.31.